The maximum Gasteiger partial charge on any atom is 0.264 e. The van der Waals surface area contributed by atoms with Crippen LogP contribution in [0.3, 0.4) is 0 Å². The van der Waals surface area contributed by atoms with Crippen molar-refractivity contribution >= 4 is 50.4 Å². The maximum atomic E-state index is 12.6. The summed E-state index contributed by atoms with van der Waals surface area (Å²) in [5.41, 5.74) is 0. The fourth-order valence-electron chi connectivity index (χ4n) is 2.82. The molecule has 1 aliphatic heterocycles. The van der Waals surface area contributed by atoms with Crippen molar-refractivity contribution in [2.45, 2.75) is 18.9 Å². The molecule has 2 aromatic rings. The number of rotatable bonds is 4. The summed E-state index contributed by atoms with van der Waals surface area (Å²) >= 11 is 6.43. The lowest BCUT2D eigenvalue weighted by Crippen LogP contribution is -2.40. The number of halogens is 1. The van der Waals surface area contributed by atoms with Crippen LogP contribution in [0.15, 0.2) is 33.4 Å². The summed E-state index contributed by atoms with van der Waals surface area (Å²) in [6.45, 7) is 0.893. The summed E-state index contributed by atoms with van der Waals surface area (Å²) in [5, 5.41) is 2.04. The number of thiophene rings is 2. The number of carbonyl (C=O) groups is 2. The highest BCUT2D eigenvalue weighted by molar-refractivity contribution is 9.11. The van der Waals surface area contributed by atoms with Crippen molar-refractivity contribution in [1.29, 1.82) is 0 Å². The Morgan fingerprint density at radius 2 is 2.22 bits per heavy atom. The summed E-state index contributed by atoms with van der Waals surface area (Å²) in [4.78, 5) is 30.3. The molecule has 4 nitrogen and oxygen atoms in total. The molecular weight excluding hydrogens is 396 g/mol. The lowest BCUT2D eigenvalue weighted by molar-refractivity contribution is -0.132. The van der Waals surface area contributed by atoms with E-state index in [4.69, 9.17) is 0 Å². The van der Waals surface area contributed by atoms with Gasteiger partial charge in [0.2, 0.25) is 5.91 Å². The monoisotopic (exact) mass is 412 g/mol. The molecule has 0 N–H and O–H groups in total. The van der Waals surface area contributed by atoms with Gasteiger partial charge in [0.1, 0.15) is 0 Å². The van der Waals surface area contributed by atoms with Crippen molar-refractivity contribution in [3.8, 4) is 0 Å². The fraction of sp³-hybridized carbons (Fsp3) is 0.375. The van der Waals surface area contributed by atoms with Gasteiger partial charge < -0.3 is 9.80 Å². The van der Waals surface area contributed by atoms with E-state index in [2.05, 4.69) is 22.0 Å². The minimum atomic E-state index is -0.110. The maximum absolute atomic E-state index is 12.6. The number of nitrogens with zero attached hydrogens (tertiary/aromatic N) is 2. The summed E-state index contributed by atoms with van der Waals surface area (Å²) in [7, 11) is 1.68. The first-order valence-corrected chi connectivity index (χ1v) is 9.89. The zero-order chi connectivity index (χ0) is 16.4. The highest BCUT2D eigenvalue weighted by Crippen LogP contribution is 2.34. The third kappa shape index (κ3) is 3.67. The van der Waals surface area contributed by atoms with E-state index in [9.17, 15) is 9.59 Å². The van der Waals surface area contributed by atoms with Crippen LogP contribution in [0.5, 0.6) is 0 Å². The van der Waals surface area contributed by atoms with Crippen molar-refractivity contribution in [2.75, 3.05) is 20.1 Å². The smallest absolute Gasteiger partial charge is 0.264 e. The molecule has 122 valence electrons. The minimum Gasteiger partial charge on any atom is -0.333 e. The van der Waals surface area contributed by atoms with E-state index < -0.39 is 0 Å². The largest absolute Gasteiger partial charge is 0.333 e. The first-order chi connectivity index (χ1) is 11.1. The summed E-state index contributed by atoms with van der Waals surface area (Å²) in [6.07, 6.45) is 2.02. The van der Waals surface area contributed by atoms with Crippen LogP contribution >= 0.6 is 38.6 Å². The van der Waals surface area contributed by atoms with E-state index in [1.165, 1.54) is 21.1 Å². The second kappa shape index (κ2) is 7.15. The standard InChI is InChI=1S/C16H17BrN2O2S2/c1-18(16(21)13-6-7-14(17)23-13)10-15(20)19-8-2-4-11(19)12-5-3-9-22-12/h3,5-7,9,11H,2,4,8,10H2,1H3. The van der Waals surface area contributed by atoms with Crippen LogP contribution in [0, 0.1) is 0 Å². The summed E-state index contributed by atoms with van der Waals surface area (Å²) in [6, 6.07) is 7.90. The quantitative estimate of drug-likeness (QED) is 0.760. The molecule has 0 radical (unpaired) electrons. The number of hydrogen-bond acceptors (Lipinski definition) is 4. The summed E-state index contributed by atoms with van der Waals surface area (Å²) < 4.78 is 0.915. The van der Waals surface area contributed by atoms with Crippen molar-refractivity contribution in [3.05, 3.63) is 43.2 Å². The fourth-order valence-corrected chi connectivity index (χ4v) is 5.08. The molecule has 1 fully saturated rings. The zero-order valence-electron chi connectivity index (χ0n) is 12.7. The lowest BCUT2D eigenvalue weighted by atomic mass is 10.2. The Bertz CT molecular complexity index is 699. The highest BCUT2D eigenvalue weighted by atomic mass is 79.9. The van der Waals surface area contributed by atoms with Crippen LogP contribution in [-0.4, -0.2) is 41.8 Å². The number of amides is 2. The average molecular weight is 413 g/mol. The Morgan fingerprint density at radius 3 is 2.87 bits per heavy atom. The Kier molecular flexibility index (Phi) is 5.18. The van der Waals surface area contributed by atoms with Gasteiger partial charge in [-0.15, -0.1) is 22.7 Å². The molecule has 7 heteroatoms. The molecule has 23 heavy (non-hydrogen) atoms. The van der Waals surface area contributed by atoms with Crippen LogP contribution in [0.25, 0.3) is 0 Å². The first kappa shape index (κ1) is 16.7. The van der Waals surface area contributed by atoms with E-state index in [0.717, 1.165) is 23.2 Å². The second-order valence-corrected chi connectivity index (χ2v) is 8.97. The predicted molar refractivity (Wildman–Crippen MR) is 97.0 cm³/mol. The van der Waals surface area contributed by atoms with E-state index in [1.54, 1.807) is 24.5 Å². The molecule has 1 unspecified atom stereocenters. The van der Waals surface area contributed by atoms with Gasteiger partial charge in [-0.05, 0) is 52.4 Å². The summed E-state index contributed by atoms with van der Waals surface area (Å²) in [5.74, 6) is -0.0895. The molecule has 1 aliphatic rings. The predicted octanol–water partition coefficient (Wildman–Crippen LogP) is 4.01. The van der Waals surface area contributed by atoms with Gasteiger partial charge in [0.15, 0.2) is 0 Å². The van der Waals surface area contributed by atoms with Crippen molar-refractivity contribution in [3.63, 3.8) is 0 Å². The molecule has 2 amide bonds. The highest BCUT2D eigenvalue weighted by Gasteiger charge is 2.31. The van der Waals surface area contributed by atoms with Crippen LogP contribution in [0.1, 0.15) is 33.4 Å². The van der Waals surface area contributed by atoms with Gasteiger partial charge in [0, 0.05) is 18.5 Å². The third-order valence-corrected chi connectivity index (χ3v) is 6.53. The average Bonchev–Trinajstić information content (AvgIpc) is 3.26. The Balaban J connectivity index is 1.65. The van der Waals surface area contributed by atoms with Crippen LogP contribution in [0.2, 0.25) is 0 Å². The van der Waals surface area contributed by atoms with Crippen LogP contribution in [0.4, 0.5) is 0 Å². The molecule has 0 saturated carbocycles. The Morgan fingerprint density at radius 1 is 1.39 bits per heavy atom. The lowest BCUT2D eigenvalue weighted by Gasteiger charge is -2.26. The number of carbonyl (C=O) groups excluding carboxylic acids is 2. The Labute approximate surface area is 151 Å². The van der Waals surface area contributed by atoms with Crippen molar-refractivity contribution in [2.24, 2.45) is 0 Å². The normalized spacial score (nSPS) is 17.5. The second-order valence-electron chi connectivity index (χ2n) is 5.53. The molecule has 0 aromatic carbocycles. The minimum absolute atomic E-state index is 0.0207. The van der Waals surface area contributed by atoms with Gasteiger partial charge in [-0.3, -0.25) is 9.59 Å². The molecule has 3 rings (SSSR count). The number of likely N-dealkylation sites (N-methyl/N-ethyl adjacent to an activating group) is 1. The molecule has 0 bridgehead atoms. The SMILES string of the molecule is CN(CC(=O)N1CCCC1c1cccs1)C(=O)c1ccc(Br)s1. The van der Waals surface area contributed by atoms with Gasteiger partial charge in [0.25, 0.3) is 5.91 Å². The van der Waals surface area contributed by atoms with E-state index in [0.29, 0.717) is 4.88 Å². The van der Waals surface area contributed by atoms with Gasteiger partial charge in [-0.25, -0.2) is 0 Å². The molecule has 3 heterocycles. The number of likely N-dealkylation sites (tertiary alicyclic amines) is 1. The number of hydrogen-bond donors (Lipinski definition) is 0. The Hall–Kier alpha value is -1.18. The van der Waals surface area contributed by atoms with E-state index in [1.807, 2.05) is 22.4 Å². The van der Waals surface area contributed by atoms with Gasteiger partial charge in [-0.1, -0.05) is 6.07 Å². The van der Waals surface area contributed by atoms with Gasteiger partial charge in [-0.2, -0.15) is 0 Å². The molecule has 1 atom stereocenters. The first-order valence-electron chi connectivity index (χ1n) is 7.40. The van der Waals surface area contributed by atoms with Crippen molar-refractivity contribution < 1.29 is 9.59 Å². The molecule has 2 aromatic heterocycles. The molecule has 0 spiro atoms. The molecular formula is C16H17BrN2O2S2. The topological polar surface area (TPSA) is 40.6 Å². The van der Waals surface area contributed by atoms with Gasteiger partial charge >= 0.3 is 0 Å². The molecule has 1 saturated heterocycles. The third-order valence-electron chi connectivity index (χ3n) is 3.95. The molecule has 0 aliphatic carbocycles. The van der Waals surface area contributed by atoms with Crippen LogP contribution < -0.4 is 0 Å². The van der Waals surface area contributed by atoms with E-state index >= 15 is 0 Å². The van der Waals surface area contributed by atoms with E-state index in [-0.39, 0.29) is 24.4 Å². The van der Waals surface area contributed by atoms with Crippen LogP contribution in [-0.2, 0) is 4.79 Å². The van der Waals surface area contributed by atoms with Gasteiger partial charge in [0.05, 0.1) is 21.3 Å². The zero-order valence-corrected chi connectivity index (χ0v) is 15.9. The van der Waals surface area contributed by atoms with Crippen molar-refractivity contribution in [1.82, 2.24) is 9.80 Å².